The van der Waals surface area contributed by atoms with E-state index in [0.717, 1.165) is 6.54 Å². The van der Waals surface area contributed by atoms with Gasteiger partial charge in [0.15, 0.2) is 0 Å². The van der Waals surface area contributed by atoms with Crippen LogP contribution in [0, 0.1) is 11.3 Å². The maximum absolute atomic E-state index is 8.60. The minimum absolute atomic E-state index is 0.0473. The minimum Gasteiger partial charge on any atom is -0.326 e. The van der Waals surface area contributed by atoms with Crippen LogP contribution >= 0.6 is 0 Å². The number of benzene rings is 1. The molecule has 0 radical (unpaired) electrons. The molecule has 1 aromatic carbocycles. The van der Waals surface area contributed by atoms with Crippen molar-refractivity contribution in [2.75, 3.05) is 13.6 Å². The van der Waals surface area contributed by atoms with Gasteiger partial charge in [-0.15, -0.1) is 0 Å². The second-order valence-corrected chi connectivity index (χ2v) is 4.10. The molecule has 0 aliphatic rings. The van der Waals surface area contributed by atoms with Crippen molar-refractivity contribution in [1.29, 1.82) is 5.26 Å². The Kier molecular flexibility index (Phi) is 4.97. The molecule has 86 valence electrons. The number of rotatable bonds is 5. The Labute approximate surface area is 97.5 Å². The zero-order valence-corrected chi connectivity index (χ0v) is 9.93. The molecule has 0 heterocycles. The Morgan fingerprint density at radius 3 is 2.50 bits per heavy atom. The van der Waals surface area contributed by atoms with E-state index in [9.17, 15) is 0 Å². The summed E-state index contributed by atoms with van der Waals surface area (Å²) in [6, 6.07) is 12.6. The van der Waals surface area contributed by atoms with Crippen LogP contribution in [-0.4, -0.2) is 24.5 Å². The fourth-order valence-electron chi connectivity index (χ4n) is 1.98. The van der Waals surface area contributed by atoms with Gasteiger partial charge < -0.3 is 5.73 Å². The van der Waals surface area contributed by atoms with Crippen molar-refractivity contribution in [2.45, 2.75) is 25.4 Å². The predicted molar refractivity (Wildman–Crippen MR) is 65.7 cm³/mol. The van der Waals surface area contributed by atoms with Crippen LogP contribution in [0.3, 0.4) is 0 Å². The molecule has 1 rings (SSSR count). The number of likely N-dealkylation sites (N-methyl/N-ethyl adjacent to an activating group) is 1. The normalized spacial score (nSPS) is 14.4. The van der Waals surface area contributed by atoms with E-state index in [1.165, 1.54) is 5.56 Å². The van der Waals surface area contributed by atoms with Gasteiger partial charge in [-0.3, -0.25) is 4.90 Å². The zero-order chi connectivity index (χ0) is 12.0. The van der Waals surface area contributed by atoms with E-state index in [1.807, 2.05) is 32.2 Å². The topological polar surface area (TPSA) is 53.0 Å². The lowest BCUT2D eigenvalue weighted by Crippen LogP contribution is -2.37. The molecule has 0 spiro atoms. The van der Waals surface area contributed by atoms with Crippen molar-refractivity contribution >= 4 is 0 Å². The van der Waals surface area contributed by atoms with Crippen LogP contribution in [0.1, 0.15) is 24.9 Å². The van der Waals surface area contributed by atoms with E-state index < -0.39 is 0 Å². The number of hydrogen-bond acceptors (Lipinski definition) is 3. The van der Waals surface area contributed by atoms with Crippen molar-refractivity contribution in [3.05, 3.63) is 35.9 Å². The van der Waals surface area contributed by atoms with Gasteiger partial charge in [0, 0.05) is 25.0 Å². The standard InChI is InChI=1S/C13H19N3/c1-11(15)13(16(2)10-6-9-14)12-7-4-3-5-8-12/h3-5,7-8,11,13H,6,10,15H2,1-2H3. The molecule has 3 heteroatoms. The summed E-state index contributed by atoms with van der Waals surface area (Å²) in [7, 11) is 2.01. The van der Waals surface area contributed by atoms with Gasteiger partial charge >= 0.3 is 0 Å². The number of nitrogens with two attached hydrogens (primary N) is 1. The largest absolute Gasteiger partial charge is 0.326 e. The van der Waals surface area contributed by atoms with Crippen LogP contribution in [0.4, 0.5) is 0 Å². The molecule has 0 aliphatic carbocycles. The van der Waals surface area contributed by atoms with Crippen molar-refractivity contribution in [2.24, 2.45) is 5.73 Å². The van der Waals surface area contributed by atoms with Gasteiger partial charge in [-0.05, 0) is 19.5 Å². The molecule has 2 N–H and O–H groups in total. The number of nitrogens with zero attached hydrogens (tertiary/aromatic N) is 2. The summed E-state index contributed by atoms with van der Waals surface area (Å²) in [5.41, 5.74) is 7.22. The Morgan fingerprint density at radius 1 is 1.38 bits per heavy atom. The highest BCUT2D eigenvalue weighted by Gasteiger charge is 2.20. The molecule has 0 aromatic heterocycles. The fourth-order valence-corrected chi connectivity index (χ4v) is 1.98. The molecule has 16 heavy (non-hydrogen) atoms. The van der Waals surface area contributed by atoms with Crippen LogP contribution in [0.25, 0.3) is 0 Å². The van der Waals surface area contributed by atoms with E-state index in [2.05, 4.69) is 23.1 Å². The lowest BCUT2D eigenvalue weighted by atomic mass is 9.99. The second kappa shape index (κ2) is 6.26. The zero-order valence-electron chi connectivity index (χ0n) is 9.93. The van der Waals surface area contributed by atoms with Gasteiger partial charge in [0.1, 0.15) is 0 Å². The third kappa shape index (κ3) is 3.34. The van der Waals surface area contributed by atoms with E-state index in [4.69, 9.17) is 11.0 Å². The monoisotopic (exact) mass is 217 g/mol. The highest BCUT2D eigenvalue weighted by atomic mass is 15.1. The summed E-state index contributed by atoms with van der Waals surface area (Å²) in [5.74, 6) is 0. The first-order valence-corrected chi connectivity index (χ1v) is 5.54. The Morgan fingerprint density at radius 2 is 2.00 bits per heavy atom. The van der Waals surface area contributed by atoms with Gasteiger partial charge in [0.25, 0.3) is 0 Å². The van der Waals surface area contributed by atoms with Crippen LogP contribution in [-0.2, 0) is 0 Å². The molecule has 0 saturated heterocycles. The Hall–Kier alpha value is -1.37. The first-order chi connectivity index (χ1) is 7.66. The molecule has 2 atom stereocenters. The third-order valence-electron chi connectivity index (χ3n) is 2.69. The summed E-state index contributed by atoms with van der Waals surface area (Å²) in [4.78, 5) is 2.14. The number of hydrogen-bond donors (Lipinski definition) is 1. The van der Waals surface area contributed by atoms with Crippen molar-refractivity contribution in [3.63, 3.8) is 0 Å². The van der Waals surface area contributed by atoms with Crippen LogP contribution in [0.2, 0.25) is 0 Å². The van der Waals surface area contributed by atoms with E-state index in [-0.39, 0.29) is 12.1 Å². The molecular weight excluding hydrogens is 198 g/mol. The maximum Gasteiger partial charge on any atom is 0.0635 e. The SMILES string of the molecule is CC(N)C(c1ccccc1)N(C)CCC#N. The van der Waals surface area contributed by atoms with Crippen molar-refractivity contribution in [3.8, 4) is 6.07 Å². The molecule has 0 amide bonds. The van der Waals surface area contributed by atoms with E-state index in [1.54, 1.807) is 0 Å². The van der Waals surface area contributed by atoms with Crippen molar-refractivity contribution in [1.82, 2.24) is 4.90 Å². The predicted octanol–water partition coefficient (Wildman–Crippen LogP) is 1.92. The van der Waals surface area contributed by atoms with Crippen LogP contribution in [0.15, 0.2) is 30.3 Å². The lowest BCUT2D eigenvalue weighted by molar-refractivity contribution is 0.223. The maximum atomic E-state index is 8.60. The second-order valence-electron chi connectivity index (χ2n) is 4.10. The van der Waals surface area contributed by atoms with Crippen LogP contribution in [0.5, 0.6) is 0 Å². The van der Waals surface area contributed by atoms with Gasteiger partial charge in [0.2, 0.25) is 0 Å². The summed E-state index contributed by atoms with van der Waals surface area (Å²) in [5, 5.41) is 8.60. The molecule has 0 fully saturated rings. The average molecular weight is 217 g/mol. The molecule has 1 aromatic rings. The van der Waals surface area contributed by atoms with Gasteiger partial charge in [-0.2, -0.15) is 5.26 Å². The first kappa shape index (κ1) is 12.7. The van der Waals surface area contributed by atoms with E-state index >= 15 is 0 Å². The molecule has 0 bridgehead atoms. The molecule has 0 aliphatic heterocycles. The van der Waals surface area contributed by atoms with Gasteiger partial charge in [-0.1, -0.05) is 30.3 Å². The molecule has 0 saturated carbocycles. The summed E-state index contributed by atoms with van der Waals surface area (Å²) in [6.45, 7) is 2.75. The summed E-state index contributed by atoms with van der Waals surface area (Å²) >= 11 is 0. The third-order valence-corrected chi connectivity index (χ3v) is 2.69. The van der Waals surface area contributed by atoms with Crippen molar-refractivity contribution < 1.29 is 0 Å². The highest BCUT2D eigenvalue weighted by molar-refractivity contribution is 5.20. The summed E-state index contributed by atoms with van der Waals surface area (Å²) < 4.78 is 0. The summed E-state index contributed by atoms with van der Waals surface area (Å²) in [6.07, 6.45) is 0.534. The van der Waals surface area contributed by atoms with Gasteiger partial charge in [-0.25, -0.2) is 0 Å². The Balaban J connectivity index is 2.80. The molecular formula is C13H19N3. The van der Waals surface area contributed by atoms with Crippen LogP contribution < -0.4 is 5.73 Å². The number of nitriles is 1. The van der Waals surface area contributed by atoms with Gasteiger partial charge in [0.05, 0.1) is 6.07 Å². The van der Waals surface area contributed by atoms with E-state index in [0.29, 0.717) is 6.42 Å². The molecule has 2 unspecified atom stereocenters. The lowest BCUT2D eigenvalue weighted by Gasteiger charge is -2.30. The average Bonchev–Trinajstić information content (AvgIpc) is 2.27. The Bertz CT molecular complexity index is 340. The smallest absolute Gasteiger partial charge is 0.0635 e. The highest BCUT2D eigenvalue weighted by Crippen LogP contribution is 2.21. The molecule has 3 nitrogen and oxygen atoms in total. The minimum atomic E-state index is 0.0473. The first-order valence-electron chi connectivity index (χ1n) is 5.54. The quantitative estimate of drug-likeness (QED) is 0.819. The fraction of sp³-hybridized carbons (Fsp3) is 0.462.